The summed E-state index contributed by atoms with van der Waals surface area (Å²) < 4.78 is 0. The first kappa shape index (κ1) is 13.4. The van der Waals surface area contributed by atoms with E-state index in [2.05, 4.69) is 30.5 Å². The van der Waals surface area contributed by atoms with Crippen LogP contribution in [0.4, 0.5) is 5.69 Å². The Kier molecular flexibility index (Phi) is 3.62. The summed E-state index contributed by atoms with van der Waals surface area (Å²) in [7, 11) is 0. The Hall–Kier alpha value is -1.61. The van der Waals surface area contributed by atoms with Gasteiger partial charge in [-0.3, -0.25) is 0 Å². The van der Waals surface area contributed by atoms with Crippen molar-refractivity contribution in [2.45, 2.75) is 13.3 Å². The molecule has 0 aliphatic rings. The van der Waals surface area contributed by atoms with Crippen LogP contribution in [0.1, 0.15) is 17.4 Å². The van der Waals surface area contributed by atoms with Crippen molar-refractivity contribution >= 4 is 39.7 Å². The minimum atomic E-state index is 0.610. The number of nitriles is 1. The molecule has 3 rings (SSSR count). The van der Waals surface area contributed by atoms with Crippen LogP contribution < -0.4 is 5.73 Å². The van der Waals surface area contributed by atoms with Gasteiger partial charge in [0.2, 0.25) is 0 Å². The molecule has 0 aromatic carbocycles. The first-order valence-electron chi connectivity index (χ1n) is 6.19. The summed E-state index contributed by atoms with van der Waals surface area (Å²) in [5, 5.41) is 13.4. The number of nitrogens with zero attached hydrogens (tertiary/aromatic N) is 1. The lowest BCUT2D eigenvalue weighted by Gasteiger charge is -2.03. The van der Waals surface area contributed by atoms with E-state index in [1.165, 1.54) is 21.8 Å². The third kappa shape index (κ3) is 2.06. The highest BCUT2D eigenvalue weighted by Gasteiger charge is 2.21. The zero-order chi connectivity index (χ0) is 14.1. The quantitative estimate of drug-likeness (QED) is 0.720. The smallest absolute Gasteiger partial charge is 0.129 e. The van der Waals surface area contributed by atoms with E-state index in [0.717, 1.165) is 21.7 Å². The van der Waals surface area contributed by atoms with Crippen LogP contribution in [0, 0.1) is 11.3 Å². The number of anilines is 1. The van der Waals surface area contributed by atoms with Crippen molar-refractivity contribution in [2.24, 2.45) is 0 Å². The van der Waals surface area contributed by atoms with Crippen molar-refractivity contribution in [3.63, 3.8) is 0 Å². The number of rotatable bonds is 3. The van der Waals surface area contributed by atoms with Gasteiger partial charge in [0, 0.05) is 15.3 Å². The fraction of sp³-hybridized carbons (Fsp3) is 0.133. The molecule has 100 valence electrons. The highest BCUT2D eigenvalue weighted by Crippen LogP contribution is 2.48. The van der Waals surface area contributed by atoms with Gasteiger partial charge in [0.1, 0.15) is 10.9 Å². The van der Waals surface area contributed by atoms with Gasteiger partial charge in [-0.25, -0.2) is 0 Å². The number of thiophene rings is 3. The summed E-state index contributed by atoms with van der Waals surface area (Å²) >= 11 is 4.88. The zero-order valence-corrected chi connectivity index (χ0v) is 13.3. The van der Waals surface area contributed by atoms with E-state index in [9.17, 15) is 5.26 Å². The van der Waals surface area contributed by atoms with Crippen LogP contribution in [0.15, 0.2) is 29.0 Å². The molecule has 5 heteroatoms. The molecular weight excluding hydrogens is 304 g/mol. The van der Waals surface area contributed by atoms with Gasteiger partial charge in [-0.1, -0.05) is 13.0 Å². The maximum Gasteiger partial charge on any atom is 0.129 e. The third-order valence-electron chi connectivity index (χ3n) is 3.15. The molecule has 0 radical (unpaired) electrons. The van der Waals surface area contributed by atoms with Crippen molar-refractivity contribution in [3.05, 3.63) is 39.4 Å². The fourth-order valence-corrected chi connectivity index (χ4v) is 5.24. The number of hydrogen-bond acceptors (Lipinski definition) is 5. The molecule has 20 heavy (non-hydrogen) atoms. The topological polar surface area (TPSA) is 49.8 Å². The largest absolute Gasteiger partial charge is 0.396 e. The summed E-state index contributed by atoms with van der Waals surface area (Å²) in [6.07, 6.45) is 0.988. The minimum Gasteiger partial charge on any atom is -0.396 e. The van der Waals surface area contributed by atoms with Gasteiger partial charge < -0.3 is 5.73 Å². The van der Waals surface area contributed by atoms with E-state index in [1.807, 2.05) is 11.4 Å². The summed E-state index contributed by atoms with van der Waals surface area (Å²) in [6, 6.07) is 8.45. The number of aryl methyl sites for hydroxylation is 1. The van der Waals surface area contributed by atoms with Crippen LogP contribution >= 0.6 is 34.0 Å². The van der Waals surface area contributed by atoms with Crippen molar-refractivity contribution in [2.75, 3.05) is 5.73 Å². The Morgan fingerprint density at radius 3 is 2.70 bits per heavy atom. The summed E-state index contributed by atoms with van der Waals surface area (Å²) in [5.41, 5.74) is 9.16. The molecule has 0 unspecified atom stereocenters. The molecular formula is C15H12N2S3. The average Bonchev–Trinajstić information content (AvgIpc) is 3.16. The van der Waals surface area contributed by atoms with E-state index in [-0.39, 0.29) is 0 Å². The average molecular weight is 316 g/mol. The molecule has 0 saturated carbocycles. The first-order valence-corrected chi connectivity index (χ1v) is 8.76. The lowest BCUT2D eigenvalue weighted by atomic mass is 10.1. The van der Waals surface area contributed by atoms with Crippen LogP contribution in [0.5, 0.6) is 0 Å². The summed E-state index contributed by atoms with van der Waals surface area (Å²) in [4.78, 5) is 4.12. The molecule has 0 aliphatic heterocycles. The highest BCUT2D eigenvalue weighted by molar-refractivity contribution is 7.23. The van der Waals surface area contributed by atoms with Crippen molar-refractivity contribution in [1.29, 1.82) is 5.26 Å². The van der Waals surface area contributed by atoms with Crippen LogP contribution in [0.2, 0.25) is 0 Å². The zero-order valence-electron chi connectivity index (χ0n) is 10.8. The molecule has 2 nitrogen and oxygen atoms in total. The molecule has 0 saturated heterocycles. The maximum absolute atomic E-state index is 9.26. The Morgan fingerprint density at radius 2 is 2.05 bits per heavy atom. The fourth-order valence-electron chi connectivity index (χ4n) is 2.17. The van der Waals surface area contributed by atoms with Crippen LogP contribution in [-0.2, 0) is 6.42 Å². The minimum absolute atomic E-state index is 0.610. The lowest BCUT2D eigenvalue weighted by molar-refractivity contribution is 1.16. The second-order valence-electron chi connectivity index (χ2n) is 4.27. The molecule has 2 N–H and O–H groups in total. The van der Waals surface area contributed by atoms with E-state index < -0.39 is 0 Å². The lowest BCUT2D eigenvalue weighted by Crippen LogP contribution is -1.88. The molecule has 0 atom stereocenters. The van der Waals surface area contributed by atoms with Gasteiger partial charge >= 0.3 is 0 Å². The summed E-state index contributed by atoms with van der Waals surface area (Å²) in [5.74, 6) is 0. The van der Waals surface area contributed by atoms with Crippen LogP contribution in [-0.4, -0.2) is 0 Å². The standard InChI is InChI=1S/C15H12N2S3/c1-2-9-5-7-19-14(9)15-12(10-4-3-6-18-10)13(17)11(8-16)20-15/h3-7H,2,17H2,1H3. The predicted octanol–water partition coefficient (Wildman–Crippen LogP) is 5.22. The Bertz CT molecular complexity index is 773. The molecule has 0 aliphatic carbocycles. The van der Waals surface area contributed by atoms with Crippen LogP contribution in [0.25, 0.3) is 20.2 Å². The van der Waals surface area contributed by atoms with Gasteiger partial charge in [-0.05, 0) is 34.9 Å². The van der Waals surface area contributed by atoms with E-state index in [1.54, 1.807) is 22.7 Å². The van der Waals surface area contributed by atoms with Crippen molar-refractivity contribution < 1.29 is 0 Å². The van der Waals surface area contributed by atoms with Crippen molar-refractivity contribution in [1.82, 2.24) is 0 Å². The summed E-state index contributed by atoms with van der Waals surface area (Å²) in [6.45, 7) is 2.15. The highest BCUT2D eigenvalue weighted by atomic mass is 32.1. The Balaban J connectivity index is 2.29. The van der Waals surface area contributed by atoms with Gasteiger partial charge in [0.15, 0.2) is 0 Å². The van der Waals surface area contributed by atoms with E-state index in [0.29, 0.717) is 10.6 Å². The second-order valence-corrected chi connectivity index (χ2v) is 7.15. The van der Waals surface area contributed by atoms with Gasteiger partial charge in [-0.15, -0.1) is 34.0 Å². The van der Waals surface area contributed by atoms with Gasteiger partial charge in [0.25, 0.3) is 0 Å². The Labute approximate surface area is 129 Å². The van der Waals surface area contributed by atoms with E-state index in [4.69, 9.17) is 5.73 Å². The van der Waals surface area contributed by atoms with Gasteiger partial charge in [-0.2, -0.15) is 5.26 Å². The maximum atomic E-state index is 9.26. The molecule has 0 fully saturated rings. The molecule has 3 aromatic rings. The number of nitrogens with two attached hydrogens (primary N) is 1. The third-order valence-corrected chi connectivity index (χ3v) is 6.27. The number of hydrogen-bond donors (Lipinski definition) is 1. The molecule has 0 spiro atoms. The van der Waals surface area contributed by atoms with Crippen LogP contribution in [0.3, 0.4) is 0 Å². The molecule has 0 bridgehead atoms. The normalized spacial score (nSPS) is 10.6. The second kappa shape index (κ2) is 5.41. The van der Waals surface area contributed by atoms with Gasteiger partial charge in [0.05, 0.1) is 10.6 Å². The number of nitrogen functional groups attached to an aromatic ring is 1. The SMILES string of the molecule is CCc1ccsc1-c1sc(C#N)c(N)c1-c1cccs1. The molecule has 3 heterocycles. The van der Waals surface area contributed by atoms with Crippen molar-refractivity contribution in [3.8, 4) is 26.3 Å². The monoisotopic (exact) mass is 316 g/mol. The predicted molar refractivity (Wildman–Crippen MR) is 89.5 cm³/mol. The first-order chi connectivity index (χ1) is 9.76. The van der Waals surface area contributed by atoms with E-state index >= 15 is 0 Å². The molecule has 0 amide bonds. The Morgan fingerprint density at radius 1 is 1.20 bits per heavy atom. The molecule has 3 aromatic heterocycles.